The van der Waals surface area contributed by atoms with Gasteiger partial charge in [-0.3, -0.25) is 9.48 Å². The van der Waals surface area contributed by atoms with E-state index >= 15 is 0 Å². The molecule has 1 heterocycles. The standard InChI is InChI=1S/C15H10Cl2F7N3O/c1-7-4-11(25-12(28)13(18,19)14(20,21)15(22,23)24)26-27(7)6-8-2-3-9(16)5-10(8)17/h2-5H,6H2,1H3,(H,25,26,28). The lowest BCUT2D eigenvalue weighted by atomic mass is 10.1. The van der Waals surface area contributed by atoms with Crippen molar-refractivity contribution >= 4 is 34.9 Å². The van der Waals surface area contributed by atoms with Crippen molar-refractivity contribution in [1.29, 1.82) is 0 Å². The summed E-state index contributed by atoms with van der Waals surface area (Å²) in [6, 6.07) is 5.51. The van der Waals surface area contributed by atoms with Crippen molar-refractivity contribution in [1.82, 2.24) is 9.78 Å². The molecule has 0 fully saturated rings. The second-order valence-corrected chi connectivity index (χ2v) is 6.51. The molecule has 0 saturated heterocycles. The molecule has 0 saturated carbocycles. The van der Waals surface area contributed by atoms with Crippen LogP contribution in [-0.4, -0.2) is 33.7 Å². The maximum atomic E-state index is 13.4. The summed E-state index contributed by atoms with van der Waals surface area (Å²) in [4.78, 5) is 11.4. The molecule has 28 heavy (non-hydrogen) atoms. The second kappa shape index (κ2) is 7.43. The first kappa shape index (κ1) is 22.3. The summed E-state index contributed by atoms with van der Waals surface area (Å²) in [6.45, 7) is 1.43. The first-order valence-electron chi connectivity index (χ1n) is 7.29. The van der Waals surface area contributed by atoms with Gasteiger partial charge in [0, 0.05) is 21.8 Å². The number of amides is 1. The number of aromatic nitrogens is 2. The highest BCUT2D eigenvalue weighted by Gasteiger charge is 2.76. The third kappa shape index (κ3) is 4.19. The maximum Gasteiger partial charge on any atom is 0.460 e. The predicted molar refractivity (Wildman–Crippen MR) is 87.1 cm³/mol. The van der Waals surface area contributed by atoms with Crippen molar-refractivity contribution in [3.8, 4) is 0 Å². The zero-order chi connectivity index (χ0) is 21.5. The predicted octanol–water partition coefficient (Wildman–Crippen LogP) is 5.32. The number of aryl methyl sites for hydroxylation is 1. The largest absolute Gasteiger partial charge is 0.460 e. The molecule has 154 valence electrons. The monoisotopic (exact) mass is 451 g/mol. The van der Waals surface area contributed by atoms with Gasteiger partial charge in [-0.25, -0.2) is 0 Å². The first-order chi connectivity index (χ1) is 12.7. The van der Waals surface area contributed by atoms with Crippen LogP contribution in [0.4, 0.5) is 36.6 Å². The van der Waals surface area contributed by atoms with Crippen LogP contribution in [0.15, 0.2) is 24.3 Å². The molecule has 0 unspecified atom stereocenters. The summed E-state index contributed by atoms with van der Waals surface area (Å²) in [5.74, 6) is -16.1. The lowest BCUT2D eigenvalue weighted by Gasteiger charge is -2.26. The SMILES string of the molecule is Cc1cc(NC(=O)C(F)(F)C(F)(F)C(F)(F)F)nn1Cc1ccc(Cl)cc1Cl. The lowest BCUT2D eigenvalue weighted by Crippen LogP contribution is -2.57. The van der Waals surface area contributed by atoms with Gasteiger partial charge in [0.05, 0.1) is 6.54 Å². The Morgan fingerprint density at radius 1 is 1.11 bits per heavy atom. The van der Waals surface area contributed by atoms with Gasteiger partial charge in [0.25, 0.3) is 0 Å². The Morgan fingerprint density at radius 3 is 2.25 bits per heavy atom. The Bertz CT molecular complexity index is 896. The number of nitrogens with one attached hydrogen (secondary N) is 1. The molecule has 2 rings (SSSR count). The number of carbonyl (C=O) groups is 1. The number of alkyl halides is 7. The molecule has 1 aromatic heterocycles. The molecule has 0 spiro atoms. The number of halogens is 9. The summed E-state index contributed by atoms with van der Waals surface area (Å²) in [7, 11) is 0. The van der Waals surface area contributed by atoms with Gasteiger partial charge in [0.1, 0.15) is 0 Å². The van der Waals surface area contributed by atoms with Crippen molar-refractivity contribution in [2.24, 2.45) is 0 Å². The van der Waals surface area contributed by atoms with Gasteiger partial charge >= 0.3 is 23.9 Å². The molecule has 0 atom stereocenters. The van der Waals surface area contributed by atoms with Crippen LogP contribution < -0.4 is 5.32 Å². The van der Waals surface area contributed by atoms with E-state index in [9.17, 15) is 35.5 Å². The van der Waals surface area contributed by atoms with Crippen molar-refractivity contribution < 1.29 is 35.5 Å². The van der Waals surface area contributed by atoms with E-state index in [4.69, 9.17) is 23.2 Å². The second-order valence-electron chi connectivity index (χ2n) is 5.67. The Hall–Kier alpha value is -2.01. The summed E-state index contributed by atoms with van der Waals surface area (Å²) < 4.78 is 90.2. The van der Waals surface area contributed by atoms with Gasteiger partial charge in [-0.1, -0.05) is 29.3 Å². The van der Waals surface area contributed by atoms with E-state index in [1.54, 1.807) is 6.07 Å². The van der Waals surface area contributed by atoms with Crippen molar-refractivity contribution in [3.05, 3.63) is 45.6 Å². The number of benzene rings is 1. The normalized spacial score (nSPS) is 12.9. The highest BCUT2D eigenvalue weighted by molar-refractivity contribution is 6.35. The molecule has 0 aliphatic rings. The van der Waals surface area contributed by atoms with E-state index in [1.807, 2.05) is 0 Å². The number of carbonyl (C=O) groups excluding carboxylic acids is 1. The minimum atomic E-state index is -6.62. The Morgan fingerprint density at radius 2 is 1.71 bits per heavy atom. The molecule has 0 aliphatic heterocycles. The fourth-order valence-electron chi connectivity index (χ4n) is 2.06. The maximum absolute atomic E-state index is 13.4. The van der Waals surface area contributed by atoms with Crippen LogP contribution in [-0.2, 0) is 11.3 Å². The Balaban J connectivity index is 2.22. The average molecular weight is 452 g/mol. The molecule has 1 N–H and O–H groups in total. The van der Waals surface area contributed by atoms with Crippen LogP contribution in [0.3, 0.4) is 0 Å². The molecular weight excluding hydrogens is 442 g/mol. The summed E-state index contributed by atoms with van der Waals surface area (Å²) >= 11 is 11.7. The zero-order valence-corrected chi connectivity index (χ0v) is 15.2. The first-order valence-corrected chi connectivity index (χ1v) is 8.04. The summed E-state index contributed by atoms with van der Waals surface area (Å²) in [5, 5.41) is 5.58. The van der Waals surface area contributed by atoms with Crippen LogP contribution >= 0.6 is 23.2 Å². The van der Waals surface area contributed by atoms with Crippen LogP contribution in [0.5, 0.6) is 0 Å². The van der Waals surface area contributed by atoms with Crippen LogP contribution in [0, 0.1) is 6.92 Å². The van der Waals surface area contributed by atoms with Crippen LogP contribution in [0.1, 0.15) is 11.3 Å². The van der Waals surface area contributed by atoms with Gasteiger partial charge in [-0.2, -0.15) is 35.8 Å². The molecule has 0 bridgehead atoms. The molecule has 0 radical (unpaired) electrons. The van der Waals surface area contributed by atoms with Crippen molar-refractivity contribution in [3.63, 3.8) is 0 Å². The number of rotatable bonds is 5. The van der Waals surface area contributed by atoms with E-state index in [0.29, 0.717) is 10.6 Å². The molecule has 13 heteroatoms. The Labute approximate surface area is 163 Å². The zero-order valence-electron chi connectivity index (χ0n) is 13.7. The summed E-state index contributed by atoms with van der Waals surface area (Å²) in [5.41, 5.74) is 0.788. The smallest absolute Gasteiger partial charge is 0.304 e. The average Bonchev–Trinajstić information content (AvgIpc) is 2.88. The molecule has 1 aromatic carbocycles. The van der Waals surface area contributed by atoms with E-state index in [2.05, 4.69) is 5.10 Å². The van der Waals surface area contributed by atoms with Gasteiger partial charge < -0.3 is 5.32 Å². The highest BCUT2D eigenvalue weighted by atomic mass is 35.5. The third-order valence-corrected chi connectivity index (χ3v) is 4.18. The van der Waals surface area contributed by atoms with Gasteiger partial charge in [-0.05, 0) is 24.6 Å². The topological polar surface area (TPSA) is 46.9 Å². The van der Waals surface area contributed by atoms with Gasteiger partial charge in [-0.15, -0.1) is 0 Å². The quantitative estimate of drug-likeness (QED) is 0.625. The number of anilines is 1. The van der Waals surface area contributed by atoms with Gasteiger partial charge in [0.2, 0.25) is 0 Å². The summed E-state index contributed by atoms with van der Waals surface area (Å²) in [6.07, 6.45) is -6.62. The fourth-order valence-corrected chi connectivity index (χ4v) is 2.53. The lowest BCUT2D eigenvalue weighted by molar-refractivity contribution is -0.343. The molecular formula is C15H10Cl2F7N3O. The van der Waals surface area contributed by atoms with E-state index < -0.39 is 29.7 Å². The van der Waals surface area contributed by atoms with E-state index in [1.165, 1.54) is 29.1 Å². The number of nitrogens with zero attached hydrogens (tertiary/aromatic N) is 2. The number of hydrogen-bond donors (Lipinski definition) is 1. The fraction of sp³-hybridized carbons (Fsp3) is 0.333. The molecule has 2 aromatic rings. The Kier molecular flexibility index (Phi) is 5.91. The van der Waals surface area contributed by atoms with Crippen LogP contribution in [0.2, 0.25) is 10.0 Å². The molecule has 1 amide bonds. The van der Waals surface area contributed by atoms with Crippen molar-refractivity contribution in [2.45, 2.75) is 31.5 Å². The van der Waals surface area contributed by atoms with Crippen molar-refractivity contribution in [2.75, 3.05) is 5.32 Å². The van der Waals surface area contributed by atoms with Gasteiger partial charge in [0.15, 0.2) is 5.82 Å². The minimum absolute atomic E-state index is 0.00713. The van der Waals surface area contributed by atoms with E-state index in [-0.39, 0.29) is 17.3 Å². The third-order valence-electron chi connectivity index (χ3n) is 3.59. The van der Waals surface area contributed by atoms with E-state index in [0.717, 1.165) is 6.07 Å². The minimum Gasteiger partial charge on any atom is -0.304 e. The molecule has 4 nitrogen and oxygen atoms in total. The highest BCUT2D eigenvalue weighted by Crippen LogP contribution is 2.46. The van der Waals surface area contributed by atoms with Crippen LogP contribution in [0.25, 0.3) is 0 Å². The number of hydrogen-bond acceptors (Lipinski definition) is 2. The molecule has 0 aliphatic carbocycles.